The lowest BCUT2D eigenvalue weighted by Gasteiger charge is -2.20. The summed E-state index contributed by atoms with van der Waals surface area (Å²) < 4.78 is 0. The number of aliphatic imine (C=N–C) groups is 1. The Hall–Kier alpha value is -2.50. The number of allylic oxidation sites excluding steroid dienone is 1. The van der Waals surface area contributed by atoms with Gasteiger partial charge in [-0.15, -0.1) is 0 Å². The monoisotopic (exact) mass is 355 g/mol. The van der Waals surface area contributed by atoms with Crippen LogP contribution in [0.4, 0.5) is 0 Å². The van der Waals surface area contributed by atoms with Crippen molar-refractivity contribution >= 4 is 12.6 Å². The molecule has 1 aromatic heterocycles. The zero-order chi connectivity index (χ0) is 19.3. The fourth-order valence-corrected chi connectivity index (χ4v) is 2.77. The highest BCUT2D eigenvalue weighted by Crippen LogP contribution is 2.36. The van der Waals surface area contributed by atoms with Gasteiger partial charge < -0.3 is 10.6 Å². The molecule has 140 valence electrons. The number of hydrogen-bond acceptors (Lipinski definition) is 5. The summed E-state index contributed by atoms with van der Waals surface area (Å²) in [7, 11) is 0. The summed E-state index contributed by atoms with van der Waals surface area (Å²) in [5.41, 5.74) is 3.42. The van der Waals surface area contributed by atoms with Crippen molar-refractivity contribution in [1.29, 1.82) is 0 Å². The molecule has 0 spiro atoms. The van der Waals surface area contributed by atoms with Crippen molar-refractivity contribution in [1.82, 2.24) is 20.6 Å². The van der Waals surface area contributed by atoms with Crippen molar-refractivity contribution in [3.8, 4) is 0 Å². The van der Waals surface area contributed by atoms with Crippen LogP contribution in [0, 0.1) is 6.92 Å². The number of aromatic nitrogens is 2. The van der Waals surface area contributed by atoms with Gasteiger partial charge in [0.25, 0.3) is 5.91 Å². The van der Waals surface area contributed by atoms with E-state index in [1.54, 1.807) is 6.20 Å². The molecule has 6 heteroatoms. The largest absolute Gasteiger partial charge is 0.365 e. The van der Waals surface area contributed by atoms with E-state index in [0.717, 1.165) is 29.7 Å². The Morgan fingerprint density at radius 1 is 1.38 bits per heavy atom. The minimum atomic E-state index is -0.143. The van der Waals surface area contributed by atoms with Crippen LogP contribution in [0.25, 0.3) is 0 Å². The van der Waals surface area contributed by atoms with Crippen LogP contribution in [0.15, 0.2) is 39.8 Å². The van der Waals surface area contributed by atoms with Crippen LogP contribution in [0.3, 0.4) is 0 Å². The zero-order valence-electron chi connectivity index (χ0n) is 16.4. The average Bonchev–Trinajstić information content (AvgIpc) is 3.32. The van der Waals surface area contributed by atoms with Crippen LogP contribution in [0.5, 0.6) is 0 Å². The molecule has 1 aromatic rings. The summed E-state index contributed by atoms with van der Waals surface area (Å²) in [6, 6.07) is 1.83. The lowest BCUT2D eigenvalue weighted by molar-refractivity contribution is -0.117. The van der Waals surface area contributed by atoms with Crippen LogP contribution in [0.2, 0.25) is 0 Å². The topological polar surface area (TPSA) is 79.3 Å². The predicted molar refractivity (Wildman–Crippen MR) is 105 cm³/mol. The molecule has 1 amide bonds. The van der Waals surface area contributed by atoms with Gasteiger partial charge in [-0.3, -0.25) is 4.79 Å². The Balaban J connectivity index is 2.23. The second-order valence-corrected chi connectivity index (χ2v) is 7.20. The second-order valence-electron chi connectivity index (χ2n) is 7.20. The fourth-order valence-electron chi connectivity index (χ4n) is 2.77. The van der Waals surface area contributed by atoms with Crippen LogP contribution < -0.4 is 10.6 Å². The SMILES string of the molecule is C=N/C(NC1(C)CC1)=C(\CC)C(C(=O)NCc1nccc(C)n1)=C(C)C. The standard InChI is InChI=1S/C20H29N5O/c1-7-15(18(21-6)25-20(5)9-10-20)17(13(2)3)19(26)23-12-16-22-11-8-14(4)24-16/h8,11,25H,6-7,9-10,12H2,1-5H3,(H,23,26)/b18-15-. The maximum Gasteiger partial charge on any atom is 0.252 e. The minimum absolute atomic E-state index is 0.0651. The number of carbonyl (C=O) groups is 1. The van der Waals surface area contributed by atoms with Crippen LogP contribution in [-0.2, 0) is 11.3 Å². The van der Waals surface area contributed by atoms with Crippen molar-refractivity contribution in [3.63, 3.8) is 0 Å². The number of hydrogen-bond donors (Lipinski definition) is 2. The van der Waals surface area contributed by atoms with Gasteiger partial charge in [-0.1, -0.05) is 12.5 Å². The van der Waals surface area contributed by atoms with E-state index in [1.165, 1.54) is 0 Å². The highest BCUT2D eigenvalue weighted by Gasteiger charge is 2.38. The van der Waals surface area contributed by atoms with Crippen molar-refractivity contribution in [2.24, 2.45) is 4.99 Å². The minimum Gasteiger partial charge on any atom is -0.365 e. The third kappa shape index (κ3) is 5.00. The molecule has 1 saturated carbocycles. The first kappa shape index (κ1) is 19.8. The highest BCUT2D eigenvalue weighted by molar-refractivity contribution is 5.98. The molecule has 2 N–H and O–H groups in total. The first-order valence-corrected chi connectivity index (χ1v) is 9.02. The van der Waals surface area contributed by atoms with Gasteiger partial charge in [-0.05, 0) is 59.7 Å². The molecule has 1 aliphatic carbocycles. The second kappa shape index (κ2) is 8.25. The molecule has 0 radical (unpaired) electrons. The molecule has 0 bridgehead atoms. The van der Waals surface area contributed by atoms with Gasteiger partial charge in [0.2, 0.25) is 0 Å². The summed E-state index contributed by atoms with van der Waals surface area (Å²) in [6.07, 6.45) is 4.59. The lowest BCUT2D eigenvalue weighted by atomic mass is 9.97. The van der Waals surface area contributed by atoms with E-state index in [0.29, 0.717) is 23.6 Å². The van der Waals surface area contributed by atoms with Gasteiger partial charge in [0, 0.05) is 28.6 Å². The third-order valence-corrected chi connectivity index (χ3v) is 4.50. The molecule has 0 atom stereocenters. The molecule has 26 heavy (non-hydrogen) atoms. The summed E-state index contributed by atoms with van der Waals surface area (Å²) in [5, 5.41) is 6.39. The molecule has 2 rings (SSSR count). The number of carbonyl (C=O) groups excluding carboxylic acids is 1. The maximum atomic E-state index is 12.9. The summed E-state index contributed by atoms with van der Waals surface area (Å²) in [4.78, 5) is 25.6. The van der Waals surface area contributed by atoms with Gasteiger partial charge in [-0.25, -0.2) is 15.0 Å². The molecule has 1 fully saturated rings. The quantitative estimate of drug-likeness (QED) is 0.426. The van der Waals surface area contributed by atoms with Gasteiger partial charge in [-0.2, -0.15) is 0 Å². The predicted octanol–water partition coefficient (Wildman–Crippen LogP) is 3.20. The first-order chi connectivity index (χ1) is 12.3. The molecular formula is C20H29N5O. The molecule has 6 nitrogen and oxygen atoms in total. The average molecular weight is 355 g/mol. The fraction of sp³-hybridized carbons (Fsp3) is 0.500. The Kier molecular flexibility index (Phi) is 6.29. The Morgan fingerprint density at radius 3 is 2.58 bits per heavy atom. The van der Waals surface area contributed by atoms with Gasteiger partial charge in [0.05, 0.1) is 6.54 Å². The number of nitrogens with zero attached hydrogens (tertiary/aromatic N) is 3. The third-order valence-electron chi connectivity index (χ3n) is 4.50. The van der Waals surface area contributed by atoms with Crippen LogP contribution in [-0.4, -0.2) is 28.1 Å². The maximum absolute atomic E-state index is 12.9. The van der Waals surface area contributed by atoms with E-state index in [2.05, 4.69) is 39.2 Å². The molecule has 0 aliphatic heterocycles. The van der Waals surface area contributed by atoms with Crippen LogP contribution >= 0.6 is 0 Å². The van der Waals surface area contributed by atoms with Gasteiger partial charge >= 0.3 is 0 Å². The zero-order valence-corrected chi connectivity index (χ0v) is 16.4. The van der Waals surface area contributed by atoms with Crippen molar-refractivity contribution in [2.75, 3.05) is 0 Å². The highest BCUT2D eigenvalue weighted by atomic mass is 16.1. The number of amides is 1. The molecule has 0 unspecified atom stereocenters. The van der Waals surface area contributed by atoms with Crippen molar-refractivity contribution < 1.29 is 4.79 Å². The van der Waals surface area contributed by atoms with E-state index >= 15 is 0 Å². The van der Waals surface area contributed by atoms with E-state index in [1.807, 2.05) is 33.8 Å². The summed E-state index contributed by atoms with van der Waals surface area (Å²) in [5.74, 6) is 1.15. The normalized spacial score (nSPS) is 15.6. The van der Waals surface area contributed by atoms with E-state index in [-0.39, 0.29) is 18.0 Å². The molecule has 1 aliphatic rings. The van der Waals surface area contributed by atoms with E-state index in [4.69, 9.17) is 0 Å². The lowest BCUT2D eigenvalue weighted by Crippen LogP contribution is -2.31. The number of aryl methyl sites for hydroxylation is 1. The van der Waals surface area contributed by atoms with Gasteiger partial charge in [0.15, 0.2) is 0 Å². The Bertz CT molecular complexity index is 755. The number of nitrogens with one attached hydrogen (secondary N) is 2. The van der Waals surface area contributed by atoms with E-state index in [9.17, 15) is 4.79 Å². The first-order valence-electron chi connectivity index (χ1n) is 9.02. The molecule has 1 heterocycles. The van der Waals surface area contributed by atoms with Crippen molar-refractivity contribution in [3.05, 3.63) is 46.3 Å². The van der Waals surface area contributed by atoms with E-state index < -0.39 is 0 Å². The summed E-state index contributed by atoms with van der Waals surface area (Å²) in [6.45, 7) is 13.9. The Morgan fingerprint density at radius 2 is 2.08 bits per heavy atom. The van der Waals surface area contributed by atoms with Crippen molar-refractivity contribution in [2.45, 2.75) is 66.0 Å². The molecular weight excluding hydrogens is 326 g/mol. The number of rotatable bonds is 8. The van der Waals surface area contributed by atoms with Crippen LogP contribution in [0.1, 0.15) is 58.5 Å². The summed E-state index contributed by atoms with van der Waals surface area (Å²) >= 11 is 0. The Labute approximate surface area is 155 Å². The van der Waals surface area contributed by atoms with Gasteiger partial charge in [0.1, 0.15) is 11.6 Å². The smallest absolute Gasteiger partial charge is 0.252 e. The molecule has 0 aromatic carbocycles. The molecule has 0 saturated heterocycles.